The van der Waals surface area contributed by atoms with Gasteiger partial charge in [-0.3, -0.25) is 0 Å². The average Bonchev–Trinajstić information content (AvgIpc) is 1.88. The van der Waals surface area contributed by atoms with E-state index in [4.69, 9.17) is 5.73 Å². The highest BCUT2D eigenvalue weighted by atomic mass is 19.1. The number of aromatic nitrogens is 1. The standard InChI is InChI=1S/C7H9FN2/c8-7-5-6(1-3-9)2-4-10-7/h2,4-5H,1,3,9H2. The molecule has 0 aliphatic carbocycles. The molecule has 0 amide bonds. The minimum absolute atomic E-state index is 0.439. The monoisotopic (exact) mass is 140 g/mol. The summed E-state index contributed by atoms with van der Waals surface area (Å²) in [5.41, 5.74) is 6.17. The molecule has 1 aromatic heterocycles. The van der Waals surface area contributed by atoms with Crippen LogP contribution in [0.5, 0.6) is 0 Å². The van der Waals surface area contributed by atoms with Crippen molar-refractivity contribution >= 4 is 0 Å². The van der Waals surface area contributed by atoms with Crippen molar-refractivity contribution in [3.05, 3.63) is 29.8 Å². The molecule has 0 unspecified atom stereocenters. The Hall–Kier alpha value is -0.960. The van der Waals surface area contributed by atoms with Crippen molar-refractivity contribution in [1.82, 2.24) is 4.98 Å². The van der Waals surface area contributed by atoms with Crippen LogP contribution >= 0.6 is 0 Å². The van der Waals surface area contributed by atoms with Gasteiger partial charge in [-0.2, -0.15) is 4.39 Å². The molecule has 54 valence electrons. The Kier molecular flexibility index (Phi) is 2.34. The zero-order valence-electron chi connectivity index (χ0n) is 5.55. The van der Waals surface area contributed by atoms with Gasteiger partial charge in [0, 0.05) is 6.20 Å². The summed E-state index contributed by atoms with van der Waals surface area (Å²) in [7, 11) is 0. The second kappa shape index (κ2) is 3.27. The Balaban J connectivity index is 2.75. The molecule has 0 aromatic carbocycles. The smallest absolute Gasteiger partial charge is 0.213 e. The first-order valence-corrected chi connectivity index (χ1v) is 3.13. The summed E-state index contributed by atoms with van der Waals surface area (Å²) in [6, 6.07) is 3.16. The van der Waals surface area contributed by atoms with Gasteiger partial charge in [-0.05, 0) is 30.7 Å². The van der Waals surface area contributed by atoms with E-state index in [0.717, 1.165) is 5.56 Å². The predicted molar refractivity (Wildman–Crippen MR) is 37.0 cm³/mol. The van der Waals surface area contributed by atoms with Crippen LogP contribution < -0.4 is 5.73 Å². The van der Waals surface area contributed by atoms with Gasteiger partial charge < -0.3 is 5.73 Å². The Morgan fingerprint density at radius 2 is 2.40 bits per heavy atom. The van der Waals surface area contributed by atoms with Crippen molar-refractivity contribution in [3.8, 4) is 0 Å². The van der Waals surface area contributed by atoms with Crippen molar-refractivity contribution in [3.63, 3.8) is 0 Å². The third kappa shape index (κ3) is 1.77. The fourth-order valence-electron chi connectivity index (χ4n) is 0.765. The van der Waals surface area contributed by atoms with Crippen LogP contribution in [0.1, 0.15) is 5.56 Å². The maximum absolute atomic E-state index is 12.3. The molecule has 0 aliphatic heterocycles. The molecule has 0 fully saturated rings. The van der Waals surface area contributed by atoms with Gasteiger partial charge in [-0.15, -0.1) is 0 Å². The fraction of sp³-hybridized carbons (Fsp3) is 0.286. The number of nitrogens with two attached hydrogens (primary N) is 1. The van der Waals surface area contributed by atoms with Gasteiger partial charge in [0.2, 0.25) is 5.95 Å². The molecule has 0 spiro atoms. The summed E-state index contributed by atoms with van der Waals surface area (Å²) >= 11 is 0. The summed E-state index contributed by atoms with van der Waals surface area (Å²) in [6.07, 6.45) is 2.15. The van der Waals surface area contributed by atoms with Crippen molar-refractivity contribution in [1.29, 1.82) is 0 Å². The molecule has 2 nitrogen and oxygen atoms in total. The molecule has 0 atom stereocenters. The van der Waals surface area contributed by atoms with Gasteiger partial charge in [0.05, 0.1) is 0 Å². The fourth-order valence-corrected chi connectivity index (χ4v) is 0.765. The summed E-state index contributed by atoms with van der Waals surface area (Å²) < 4.78 is 12.3. The molecule has 1 aromatic rings. The second-order valence-corrected chi connectivity index (χ2v) is 2.03. The lowest BCUT2D eigenvalue weighted by Crippen LogP contribution is -2.02. The van der Waals surface area contributed by atoms with E-state index < -0.39 is 5.95 Å². The highest BCUT2D eigenvalue weighted by molar-refractivity contribution is 5.10. The van der Waals surface area contributed by atoms with Crippen LogP contribution in [0.25, 0.3) is 0 Å². The molecule has 3 heteroatoms. The lowest BCUT2D eigenvalue weighted by atomic mass is 10.2. The average molecular weight is 140 g/mol. The van der Waals surface area contributed by atoms with Gasteiger partial charge in [-0.1, -0.05) is 0 Å². The SMILES string of the molecule is NCCc1ccnc(F)c1. The molecule has 2 N–H and O–H groups in total. The number of hydrogen-bond donors (Lipinski definition) is 1. The highest BCUT2D eigenvalue weighted by Crippen LogP contribution is 1.99. The van der Waals surface area contributed by atoms with E-state index in [2.05, 4.69) is 4.98 Å². The maximum Gasteiger partial charge on any atom is 0.213 e. The molecule has 1 rings (SSSR count). The maximum atomic E-state index is 12.3. The first kappa shape index (κ1) is 7.15. The molecule has 0 aliphatic rings. The van der Waals surface area contributed by atoms with E-state index in [-0.39, 0.29) is 0 Å². The lowest BCUT2D eigenvalue weighted by molar-refractivity contribution is 0.581. The number of pyridine rings is 1. The number of rotatable bonds is 2. The van der Waals surface area contributed by atoms with Gasteiger partial charge in [0.25, 0.3) is 0 Å². The number of hydrogen-bond acceptors (Lipinski definition) is 2. The Labute approximate surface area is 58.9 Å². The number of halogens is 1. The third-order valence-corrected chi connectivity index (χ3v) is 1.22. The largest absolute Gasteiger partial charge is 0.330 e. The van der Waals surface area contributed by atoms with E-state index in [1.54, 1.807) is 6.07 Å². The van der Waals surface area contributed by atoms with Crippen LogP contribution in [0.4, 0.5) is 4.39 Å². The van der Waals surface area contributed by atoms with Crippen molar-refractivity contribution < 1.29 is 4.39 Å². The predicted octanol–water partition coefficient (Wildman–Crippen LogP) is 0.722. The molecular formula is C7H9FN2. The van der Waals surface area contributed by atoms with E-state index >= 15 is 0 Å². The Morgan fingerprint density at radius 1 is 1.60 bits per heavy atom. The molecular weight excluding hydrogens is 131 g/mol. The Bertz CT molecular complexity index is 213. The van der Waals surface area contributed by atoms with Crippen LogP contribution in [0.3, 0.4) is 0 Å². The topological polar surface area (TPSA) is 38.9 Å². The van der Waals surface area contributed by atoms with E-state index in [9.17, 15) is 4.39 Å². The summed E-state index contributed by atoms with van der Waals surface area (Å²) in [4.78, 5) is 3.41. The van der Waals surface area contributed by atoms with Crippen LogP contribution in [0.15, 0.2) is 18.3 Å². The second-order valence-electron chi connectivity index (χ2n) is 2.03. The van der Waals surface area contributed by atoms with Crippen molar-refractivity contribution in [2.24, 2.45) is 5.73 Å². The number of nitrogens with zero attached hydrogens (tertiary/aromatic N) is 1. The normalized spacial score (nSPS) is 9.80. The van der Waals surface area contributed by atoms with E-state index in [1.165, 1.54) is 12.3 Å². The van der Waals surface area contributed by atoms with Gasteiger partial charge in [0.1, 0.15) is 0 Å². The third-order valence-electron chi connectivity index (χ3n) is 1.22. The Morgan fingerprint density at radius 3 is 3.00 bits per heavy atom. The molecule has 1 heterocycles. The quantitative estimate of drug-likeness (QED) is 0.615. The summed E-state index contributed by atoms with van der Waals surface area (Å²) in [6.45, 7) is 0.545. The minimum Gasteiger partial charge on any atom is -0.330 e. The van der Waals surface area contributed by atoms with Gasteiger partial charge in [-0.25, -0.2) is 4.98 Å². The van der Waals surface area contributed by atoms with Crippen LogP contribution in [0.2, 0.25) is 0 Å². The minimum atomic E-state index is -0.439. The van der Waals surface area contributed by atoms with Crippen molar-refractivity contribution in [2.75, 3.05) is 6.54 Å². The molecule has 10 heavy (non-hydrogen) atoms. The summed E-state index contributed by atoms with van der Waals surface area (Å²) in [5.74, 6) is -0.439. The lowest BCUT2D eigenvalue weighted by Gasteiger charge is -1.95. The molecule has 0 bridgehead atoms. The van der Waals surface area contributed by atoms with Crippen LogP contribution in [0, 0.1) is 5.95 Å². The van der Waals surface area contributed by atoms with Crippen LogP contribution in [-0.2, 0) is 6.42 Å². The van der Waals surface area contributed by atoms with Gasteiger partial charge in [0.15, 0.2) is 0 Å². The zero-order chi connectivity index (χ0) is 7.40. The van der Waals surface area contributed by atoms with Gasteiger partial charge >= 0.3 is 0 Å². The summed E-state index contributed by atoms with van der Waals surface area (Å²) in [5, 5.41) is 0. The van der Waals surface area contributed by atoms with Crippen LogP contribution in [-0.4, -0.2) is 11.5 Å². The highest BCUT2D eigenvalue weighted by Gasteiger charge is 1.92. The molecule has 0 radical (unpaired) electrons. The van der Waals surface area contributed by atoms with E-state index in [0.29, 0.717) is 13.0 Å². The van der Waals surface area contributed by atoms with Crippen molar-refractivity contribution in [2.45, 2.75) is 6.42 Å². The molecule has 0 saturated heterocycles. The first-order chi connectivity index (χ1) is 4.83. The van der Waals surface area contributed by atoms with E-state index in [1.807, 2.05) is 0 Å². The first-order valence-electron chi connectivity index (χ1n) is 3.13. The zero-order valence-corrected chi connectivity index (χ0v) is 5.55. The molecule has 0 saturated carbocycles.